The Morgan fingerprint density at radius 3 is 2.67 bits per heavy atom. The zero-order chi connectivity index (χ0) is 13.1. The van der Waals surface area contributed by atoms with Crippen molar-refractivity contribution in [1.82, 2.24) is 4.98 Å². The largest absolute Gasteiger partial charge is 0.453 e. The number of nitrogens with zero attached hydrogens (tertiary/aromatic N) is 1. The molecule has 3 rings (SSSR count). The molecule has 1 aromatic rings. The molecule has 0 amide bonds. The van der Waals surface area contributed by atoms with Crippen LogP contribution in [0, 0.1) is 6.92 Å². The van der Waals surface area contributed by atoms with Crippen LogP contribution in [0.25, 0.3) is 22.6 Å². The van der Waals surface area contributed by atoms with E-state index in [1.807, 2.05) is 31.9 Å². The fraction of sp³-hybridized carbons (Fsp3) is 0.0714. The molecular formula is C14H11NO3. The molecular weight excluding hydrogens is 230 g/mol. The van der Waals surface area contributed by atoms with Gasteiger partial charge in [-0.15, -0.1) is 0 Å². The average Bonchev–Trinajstić information content (AvgIpc) is 2.38. The van der Waals surface area contributed by atoms with Crippen LogP contribution in [0.3, 0.4) is 0 Å². The van der Waals surface area contributed by atoms with Gasteiger partial charge in [-0.2, -0.15) is 0 Å². The molecule has 18 heavy (non-hydrogen) atoms. The molecule has 0 atom stereocenters. The SMILES string of the molecule is C=O.Cc1ccc2nc3ccc(=O)cc-3oc2c1. The first-order valence-corrected chi connectivity index (χ1v) is 5.32. The summed E-state index contributed by atoms with van der Waals surface area (Å²) in [6.45, 7) is 3.99. The van der Waals surface area contributed by atoms with E-state index in [-0.39, 0.29) is 5.43 Å². The molecule has 1 heterocycles. The summed E-state index contributed by atoms with van der Waals surface area (Å²) in [6, 6.07) is 10.5. The second kappa shape index (κ2) is 4.79. The van der Waals surface area contributed by atoms with Crippen LogP contribution < -0.4 is 5.43 Å². The lowest BCUT2D eigenvalue weighted by atomic mass is 10.2. The maximum absolute atomic E-state index is 11.2. The summed E-state index contributed by atoms with van der Waals surface area (Å²) in [6.07, 6.45) is 0. The number of aryl methyl sites for hydroxylation is 1. The lowest BCUT2D eigenvalue weighted by molar-refractivity contribution is -0.0979. The van der Waals surface area contributed by atoms with E-state index in [4.69, 9.17) is 9.21 Å². The minimum Gasteiger partial charge on any atom is -0.453 e. The Morgan fingerprint density at radius 1 is 1.11 bits per heavy atom. The fourth-order valence-corrected chi connectivity index (χ4v) is 1.71. The monoisotopic (exact) mass is 241 g/mol. The Bertz CT molecular complexity index is 718. The number of hydrogen-bond donors (Lipinski definition) is 0. The van der Waals surface area contributed by atoms with Crippen LogP contribution in [-0.4, -0.2) is 11.8 Å². The summed E-state index contributed by atoms with van der Waals surface area (Å²) in [5.41, 5.74) is 3.26. The van der Waals surface area contributed by atoms with Crippen LogP contribution in [0.1, 0.15) is 5.56 Å². The first-order chi connectivity index (χ1) is 8.72. The molecule has 1 aromatic carbocycles. The minimum atomic E-state index is -0.0648. The van der Waals surface area contributed by atoms with Gasteiger partial charge in [-0.25, -0.2) is 4.98 Å². The number of fused-ring (bicyclic) bond motifs is 2. The van der Waals surface area contributed by atoms with Gasteiger partial charge in [0.25, 0.3) is 0 Å². The Hall–Kier alpha value is -2.49. The predicted octanol–water partition coefficient (Wildman–Crippen LogP) is 2.42. The summed E-state index contributed by atoms with van der Waals surface area (Å²) >= 11 is 0. The van der Waals surface area contributed by atoms with Gasteiger partial charge in [0.15, 0.2) is 16.8 Å². The van der Waals surface area contributed by atoms with Crippen molar-refractivity contribution in [1.29, 1.82) is 0 Å². The molecule has 0 saturated heterocycles. The van der Waals surface area contributed by atoms with Gasteiger partial charge in [-0.1, -0.05) is 6.07 Å². The van der Waals surface area contributed by atoms with Crippen molar-refractivity contribution in [2.45, 2.75) is 6.92 Å². The second-order valence-corrected chi connectivity index (χ2v) is 3.81. The molecule has 0 fully saturated rings. The van der Waals surface area contributed by atoms with Crippen molar-refractivity contribution >= 4 is 17.9 Å². The van der Waals surface area contributed by atoms with E-state index in [1.165, 1.54) is 12.1 Å². The Balaban J connectivity index is 0.000000574. The van der Waals surface area contributed by atoms with Crippen LogP contribution in [0.5, 0.6) is 0 Å². The van der Waals surface area contributed by atoms with Gasteiger partial charge in [0, 0.05) is 6.07 Å². The highest BCUT2D eigenvalue weighted by Gasteiger charge is 2.08. The minimum absolute atomic E-state index is 0.0648. The Kier molecular flexibility index (Phi) is 3.19. The molecule has 0 bridgehead atoms. The molecule has 0 N–H and O–H groups in total. The summed E-state index contributed by atoms with van der Waals surface area (Å²) < 4.78 is 5.65. The lowest BCUT2D eigenvalue weighted by Crippen LogP contribution is -1.99. The lowest BCUT2D eigenvalue weighted by Gasteiger charge is -2.05. The molecule has 0 aromatic heterocycles. The highest BCUT2D eigenvalue weighted by atomic mass is 16.3. The first-order valence-electron chi connectivity index (χ1n) is 5.32. The molecule has 2 aliphatic rings. The summed E-state index contributed by atoms with van der Waals surface area (Å²) in [5.74, 6) is 0.533. The second-order valence-electron chi connectivity index (χ2n) is 3.81. The molecule has 4 heteroatoms. The van der Waals surface area contributed by atoms with E-state index in [2.05, 4.69) is 4.98 Å². The number of benzene rings is 2. The predicted molar refractivity (Wildman–Crippen MR) is 68.8 cm³/mol. The van der Waals surface area contributed by atoms with Crippen molar-refractivity contribution in [3.05, 3.63) is 52.2 Å². The van der Waals surface area contributed by atoms with Gasteiger partial charge in [0.2, 0.25) is 0 Å². The van der Waals surface area contributed by atoms with E-state index >= 15 is 0 Å². The number of carbonyl (C=O) groups excluding carboxylic acids is 1. The molecule has 0 saturated carbocycles. The van der Waals surface area contributed by atoms with Gasteiger partial charge < -0.3 is 9.21 Å². The van der Waals surface area contributed by atoms with E-state index in [0.717, 1.165) is 11.1 Å². The molecule has 0 spiro atoms. The maximum Gasteiger partial charge on any atom is 0.182 e. The molecule has 0 radical (unpaired) electrons. The molecule has 1 aliphatic carbocycles. The summed E-state index contributed by atoms with van der Waals surface area (Å²) in [4.78, 5) is 23.6. The van der Waals surface area contributed by atoms with E-state index in [0.29, 0.717) is 17.0 Å². The van der Waals surface area contributed by atoms with E-state index < -0.39 is 0 Å². The van der Waals surface area contributed by atoms with Crippen molar-refractivity contribution in [2.24, 2.45) is 0 Å². The van der Waals surface area contributed by atoms with E-state index in [9.17, 15) is 4.79 Å². The quantitative estimate of drug-likeness (QED) is 0.567. The third-order valence-electron chi connectivity index (χ3n) is 2.51. The van der Waals surface area contributed by atoms with Crippen LogP contribution in [0.15, 0.2) is 45.6 Å². The van der Waals surface area contributed by atoms with Crippen molar-refractivity contribution in [2.75, 3.05) is 0 Å². The van der Waals surface area contributed by atoms with Crippen LogP contribution in [0.2, 0.25) is 0 Å². The molecule has 90 valence electrons. The van der Waals surface area contributed by atoms with Gasteiger partial charge in [0.05, 0.1) is 0 Å². The Morgan fingerprint density at radius 2 is 1.89 bits per heavy atom. The normalized spacial score (nSPS) is 10.1. The standard InChI is InChI=1S/C13H9NO2.CH2O/c1-8-2-4-10-12(6-8)16-13-7-9(15)3-5-11(13)14-10;1-2/h2-7H,1H3;1H2. The first kappa shape index (κ1) is 12.0. The van der Waals surface area contributed by atoms with Crippen LogP contribution in [-0.2, 0) is 4.79 Å². The van der Waals surface area contributed by atoms with Crippen LogP contribution in [0.4, 0.5) is 0 Å². The van der Waals surface area contributed by atoms with Crippen LogP contribution >= 0.6 is 0 Å². The summed E-state index contributed by atoms with van der Waals surface area (Å²) in [5, 5.41) is 0. The number of carbonyl (C=O) groups is 1. The van der Waals surface area contributed by atoms with Gasteiger partial charge in [-0.05, 0) is 36.8 Å². The number of aromatic nitrogens is 1. The topological polar surface area (TPSA) is 60.2 Å². The van der Waals surface area contributed by atoms with Crippen molar-refractivity contribution in [3.63, 3.8) is 0 Å². The molecule has 4 nitrogen and oxygen atoms in total. The van der Waals surface area contributed by atoms with Gasteiger partial charge >= 0.3 is 0 Å². The fourth-order valence-electron chi connectivity index (χ4n) is 1.71. The number of rotatable bonds is 0. The van der Waals surface area contributed by atoms with E-state index in [1.54, 1.807) is 6.07 Å². The molecule has 1 aliphatic heterocycles. The molecule has 0 unspecified atom stereocenters. The van der Waals surface area contributed by atoms with Crippen molar-refractivity contribution in [3.8, 4) is 11.5 Å². The van der Waals surface area contributed by atoms with Crippen molar-refractivity contribution < 1.29 is 9.21 Å². The zero-order valence-electron chi connectivity index (χ0n) is 9.84. The number of hydrogen-bond acceptors (Lipinski definition) is 4. The zero-order valence-corrected chi connectivity index (χ0v) is 9.84. The third kappa shape index (κ3) is 2.13. The average molecular weight is 241 g/mol. The maximum atomic E-state index is 11.2. The Labute approximate surface area is 103 Å². The highest BCUT2D eigenvalue weighted by molar-refractivity contribution is 5.76. The third-order valence-corrected chi connectivity index (χ3v) is 2.51. The smallest absolute Gasteiger partial charge is 0.182 e. The van der Waals surface area contributed by atoms with Gasteiger partial charge in [-0.3, -0.25) is 4.79 Å². The highest BCUT2D eigenvalue weighted by Crippen LogP contribution is 2.23. The van der Waals surface area contributed by atoms with Gasteiger partial charge in [0.1, 0.15) is 18.0 Å². The summed E-state index contributed by atoms with van der Waals surface area (Å²) in [7, 11) is 0.